The first-order valence-electron chi connectivity index (χ1n) is 3.42. The molecule has 1 rings (SSSR count). The molecule has 0 unspecified atom stereocenters. The van der Waals surface area contributed by atoms with Crippen LogP contribution in [0.15, 0.2) is 17.3 Å². The van der Waals surface area contributed by atoms with Crippen LogP contribution in [-0.4, -0.2) is 18.5 Å². The van der Waals surface area contributed by atoms with E-state index in [1.807, 2.05) is 0 Å². The number of phenols is 1. The highest BCUT2D eigenvalue weighted by Crippen LogP contribution is 2.32. The third-order valence-corrected chi connectivity index (χ3v) is 1.55. The Hall–Kier alpha value is -1.91. The van der Waals surface area contributed by atoms with Crippen LogP contribution in [0.25, 0.3) is 0 Å². The predicted molar refractivity (Wildman–Crippen MR) is 45.5 cm³/mol. The smallest absolute Gasteiger partial charge is 0.162 e. The Bertz CT molecular complexity index is 348. The quantitative estimate of drug-likeness (QED) is 0.567. The number of benzene rings is 1. The second kappa shape index (κ2) is 3.66. The molecular formula is C8H7NO4. The van der Waals surface area contributed by atoms with Gasteiger partial charge >= 0.3 is 0 Å². The zero-order valence-corrected chi connectivity index (χ0v) is 6.85. The van der Waals surface area contributed by atoms with Crippen LogP contribution in [0, 0.1) is 4.91 Å². The topological polar surface area (TPSA) is 76.0 Å². The molecular weight excluding hydrogens is 174 g/mol. The highest BCUT2D eigenvalue weighted by Gasteiger charge is 2.09. The van der Waals surface area contributed by atoms with Crippen LogP contribution >= 0.6 is 0 Å². The summed E-state index contributed by atoms with van der Waals surface area (Å²) in [6, 6.07) is 2.33. The average Bonchev–Trinajstić information content (AvgIpc) is 2.17. The Labute approximate surface area is 73.9 Å². The third kappa shape index (κ3) is 1.64. The zero-order valence-electron chi connectivity index (χ0n) is 6.85. The molecule has 0 aliphatic heterocycles. The molecule has 0 heterocycles. The average molecular weight is 181 g/mol. The van der Waals surface area contributed by atoms with Crippen molar-refractivity contribution in [1.29, 1.82) is 0 Å². The van der Waals surface area contributed by atoms with Crippen LogP contribution in [0.4, 0.5) is 5.69 Å². The van der Waals surface area contributed by atoms with Crippen LogP contribution in [0.2, 0.25) is 0 Å². The number of hydrogen-bond acceptors (Lipinski definition) is 5. The van der Waals surface area contributed by atoms with Gasteiger partial charge in [0.1, 0.15) is 5.69 Å². The van der Waals surface area contributed by atoms with E-state index in [1.165, 1.54) is 13.2 Å². The van der Waals surface area contributed by atoms with Gasteiger partial charge in [0.2, 0.25) is 0 Å². The van der Waals surface area contributed by atoms with Gasteiger partial charge in [-0.05, 0) is 11.2 Å². The molecule has 0 aliphatic carbocycles. The molecule has 0 fully saturated rings. The van der Waals surface area contributed by atoms with Crippen LogP contribution in [0.3, 0.4) is 0 Å². The maximum Gasteiger partial charge on any atom is 0.162 e. The van der Waals surface area contributed by atoms with E-state index in [1.54, 1.807) is 0 Å². The minimum atomic E-state index is -0.197. The van der Waals surface area contributed by atoms with Gasteiger partial charge in [0.25, 0.3) is 0 Å². The lowest BCUT2D eigenvalue weighted by atomic mass is 10.2. The van der Waals surface area contributed by atoms with Gasteiger partial charge in [0.15, 0.2) is 17.8 Å². The predicted octanol–water partition coefficient (Wildman–Crippen LogP) is 1.61. The van der Waals surface area contributed by atoms with E-state index >= 15 is 0 Å². The molecule has 1 aromatic rings. The largest absolute Gasteiger partial charge is 0.504 e. The summed E-state index contributed by atoms with van der Waals surface area (Å²) in [6.45, 7) is 0. The molecule has 5 nitrogen and oxygen atoms in total. The summed E-state index contributed by atoms with van der Waals surface area (Å²) >= 11 is 0. The number of methoxy groups -OCH3 is 1. The van der Waals surface area contributed by atoms with Crippen molar-refractivity contribution in [2.75, 3.05) is 7.11 Å². The first-order valence-corrected chi connectivity index (χ1v) is 3.42. The number of ether oxygens (including phenoxy) is 1. The Morgan fingerprint density at radius 3 is 2.69 bits per heavy atom. The molecule has 1 N–H and O–H groups in total. The number of aromatic hydroxyl groups is 1. The van der Waals surface area contributed by atoms with Gasteiger partial charge < -0.3 is 9.84 Å². The molecule has 0 saturated heterocycles. The second-order valence-corrected chi connectivity index (χ2v) is 2.29. The number of hydrogen-bond donors (Lipinski definition) is 1. The van der Waals surface area contributed by atoms with Gasteiger partial charge in [-0.2, -0.15) is 0 Å². The van der Waals surface area contributed by atoms with E-state index < -0.39 is 0 Å². The Morgan fingerprint density at radius 2 is 2.23 bits per heavy atom. The van der Waals surface area contributed by atoms with Gasteiger partial charge in [-0.3, -0.25) is 4.79 Å². The maximum absolute atomic E-state index is 10.4. The van der Waals surface area contributed by atoms with Gasteiger partial charge in [-0.1, -0.05) is 0 Å². The fourth-order valence-corrected chi connectivity index (χ4v) is 0.911. The molecule has 0 radical (unpaired) electrons. The van der Waals surface area contributed by atoms with E-state index in [0.29, 0.717) is 6.29 Å². The van der Waals surface area contributed by atoms with E-state index in [9.17, 15) is 14.8 Å². The SMILES string of the molecule is COc1cc(N=O)c(C=O)cc1O. The molecule has 13 heavy (non-hydrogen) atoms. The lowest BCUT2D eigenvalue weighted by Crippen LogP contribution is -1.86. The minimum absolute atomic E-state index is 0.0355. The van der Waals surface area contributed by atoms with E-state index in [0.717, 1.165) is 6.07 Å². The van der Waals surface area contributed by atoms with Crippen LogP contribution < -0.4 is 4.74 Å². The standard InChI is InChI=1S/C8H7NO4/c1-13-8-3-6(9-12)5(4-10)2-7(8)11/h2-4,11H,1H3. The number of aldehydes is 1. The van der Waals surface area contributed by atoms with E-state index in [2.05, 4.69) is 5.18 Å². The molecule has 0 bridgehead atoms. The van der Waals surface area contributed by atoms with Crippen LogP contribution in [-0.2, 0) is 0 Å². The van der Waals surface area contributed by atoms with Gasteiger partial charge in [0.05, 0.1) is 7.11 Å². The number of rotatable bonds is 3. The lowest BCUT2D eigenvalue weighted by Gasteiger charge is -2.03. The fraction of sp³-hybridized carbons (Fsp3) is 0.125. The molecule has 0 atom stereocenters. The van der Waals surface area contributed by atoms with Gasteiger partial charge in [0, 0.05) is 11.6 Å². The molecule has 0 saturated carbocycles. The number of nitroso groups, excluding NO2 is 1. The van der Waals surface area contributed by atoms with Gasteiger partial charge in [-0.15, -0.1) is 4.91 Å². The highest BCUT2D eigenvalue weighted by atomic mass is 16.5. The van der Waals surface area contributed by atoms with Crippen molar-refractivity contribution in [3.8, 4) is 11.5 Å². The molecule has 0 spiro atoms. The first-order chi connectivity index (χ1) is 6.22. The Morgan fingerprint density at radius 1 is 1.54 bits per heavy atom. The van der Waals surface area contributed by atoms with E-state index in [4.69, 9.17) is 4.74 Å². The molecule has 0 amide bonds. The molecule has 0 aromatic heterocycles. The van der Waals surface area contributed by atoms with Crippen molar-refractivity contribution >= 4 is 12.0 Å². The Balaban J connectivity index is 3.34. The maximum atomic E-state index is 10.4. The van der Waals surface area contributed by atoms with Crippen molar-refractivity contribution < 1.29 is 14.6 Å². The normalized spacial score (nSPS) is 9.31. The minimum Gasteiger partial charge on any atom is -0.504 e. The monoisotopic (exact) mass is 181 g/mol. The summed E-state index contributed by atoms with van der Waals surface area (Å²) in [6.07, 6.45) is 0.440. The van der Waals surface area contributed by atoms with Crippen LogP contribution in [0.1, 0.15) is 10.4 Å². The summed E-state index contributed by atoms with van der Waals surface area (Å²) in [5.74, 6) is -0.0859. The number of nitrogens with zero attached hydrogens (tertiary/aromatic N) is 1. The number of carbonyl (C=O) groups is 1. The third-order valence-electron chi connectivity index (χ3n) is 1.55. The fourth-order valence-electron chi connectivity index (χ4n) is 0.911. The second-order valence-electron chi connectivity index (χ2n) is 2.29. The lowest BCUT2D eigenvalue weighted by molar-refractivity contribution is 0.112. The summed E-state index contributed by atoms with van der Waals surface area (Å²) in [7, 11) is 1.34. The van der Waals surface area contributed by atoms with Crippen molar-refractivity contribution in [3.05, 3.63) is 22.6 Å². The Kier molecular flexibility index (Phi) is 2.59. The number of carbonyl (C=O) groups excluding carboxylic acids is 1. The summed E-state index contributed by atoms with van der Waals surface area (Å²) in [4.78, 5) is 20.6. The van der Waals surface area contributed by atoms with Gasteiger partial charge in [-0.25, -0.2) is 0 Å². The summed E-state index contributed by atoms with van der Waals surface area (Å²) in [5.41, 5.74) is -0.0158. The highest BCUT2D eigenvalue weighted by molar-refractivity contribution is 5.84. The summed E-state index contributed by atoms with van der Waals surface area (Å²) in [5, 5.41) is 11.8. The zero-order chi connectivity index (χ0) is 9.84. The summed E-state index contributed by atoms with van der Waals surface area (Å²) < 4.78 is 4.72. The van der Waals surface area contributed by atoms with Crippen molar-refractivity contribution in [3.63, 3.8) is 0 Å². The first kappa shape index (κ1) is 9.18. The van der Waals surface area contributed by atoms with Crippen LogP contribution in [0.5, 0.6) is 11.5 Å². The van der Waals surface area contributed by atoms with E-state index in [-0.39, 0.29) is 22.7 Å². The molecule has 68 valence electrons. The number of phenolic OH excluding ortho intramolecular Hbond substituents is 1. The molecule has 0 aliphatic rings. The molecule has 1 aromatic carbocycles. The van der Waals surface area contributed by atoms with Crippen molar-refractivity contribution in [2.45, 2.75) is 0 Å². The van der Waals surface area contributed by atoms with Crippen molar-refractivity contribution in [1.82, 2.24) is 0 Å². The van der Waals surface area contributed by atoms with Crippen molar-refractivity contribution in [2.24, 2.45) is 5.18 Å². The molecule has 5 heteroatoms.